The number of rotatable bonds is 5. The molecule has 1 fully saturated rings. The van der Waals surface area contributed by atoms with E-state index in [1.807, 2.05) is 12.1 Å². The molecule has 0 radical (unpaired) electrons. The third-order valence-corrected chi connectivity index (χ3v) is 7.56. The highest BCUT2D eigenvalue weighted by Gasteiger charge is 2.39. The highest BCUT2D eigenvalue weighted by Crippen LogP contribution is 2.44. The second-order valence-electron chi connectivity index (χ2n) is 9.57. The van der Waals surface area contributed by atoms with E-state index in [1.165, 1.54) is 11.1 Å². The number of hydrogen-bond donors (Lipinski definition) is 0. The van der Waals surface area contributed by atoms with Gasteiger partial charge in [-0.2, -0.15) is 4.98 Å². The van der Waals surface area contributed by atoms with Crippen molar-refractivity contribution in [1.82, 2.24) is 14.5 Å². The Morgan fingerprint density at radius 2 is 1.97 bits per heavy atom. The number of ether oxygens (including phenoxy) is 1. The summed E-state index contributed by atoms with van der Waals surface area (Å²) in [5.41, 5.74) is 3.96. The quantitative estimate of drug-likeness (QED) is 0.518. The Bertz CT molecular complexity index is 1230. The minimum atomic E-state index is -0.339. The molecule has 3 heterocycles. The molecule has 3 aromatic rings. The van der Waals surface area contributed by atoms with E-state index >= 15 is 0 Å². The number of likely N-dealkylation sites (tertiary alicyclic amines) is 1. The largest absolute Gasteiger partial charge is 0.385 e. The van der Waals surface area contributed by atoms with Crippen LogP contribution < -0.4 is 5.56 Å². The average molecular weight is 452 g/mol. The lowest BCUT2D eigenvalue weighted by Gasteiger charge is -2.32. The van der Waals surface area contributed by atoms with E-state index in [9.17, 15) is 4.79 Å². The van der Waals surface area contributed by atoms with Crippen LogP contribution in [0.5, 0.6) is 0 Å². The Morgan fingerprint density at radius 1 is 1.19 bits per heavy atom. The van der Waals surface area contributed by atoms with E-state index in [0.717, 1.165) is 62.5 Å². The Kier molecular flexibility index (Phi) is 5.60. The number of methoxy groups -OCH3 is 1. The van der Waals surface area contributed by atoms with Gasteiger partial charge in [0.1, 0.15) is 5.82 Å². The maximum absolute atomic E-state index is 12.8. The molecule has 0 unspecified atom stereocenters. The molecular weight excluding hydrogens is 422 g/mol. The predicted molar refractivity (Wildman–Crippen MR) is 129 cm³/mol. The molecule has 0 aliphatic carbocycles. The van der Waals surface area contributed by atoms with Crippen molar-refractivity contribution in [3.63, 3.8) is 0 Å². The highest BCUT2D eigenvalue weighted by molar-refractivity contribution is 6.35. The third-order valence-electron chi connectivity index (χ3n) is 7.24. The monoisotopic (exact) mass is 451 g/mol. The Hall–Kier alpha value is -2.21. The van der Waals surface area contributed by atoms with Crippen molar-refractivity contribution in [2.45, 2.75) is 44.4 Å². The van der Waals surface area contributed by atoms with Gasteiger partial charge >= 0.3 is 0 Å². The van der Waals surface area contributed by atoms with Crippen molar-refractivity contribution in [2.24, 2.45) is 0 Å². The molecule has 5 rings (SSSR count). The standard InChI is InChI=1S/C26H30ClN3O2/c1-26(2)19-9-8-18(17-10-13-29(14-11-17)12-5-15-32-3)16-22(19)30-21-7-4-6-20(27)23(21)24(31)28-25(26)30/h4,6-9,16-17H,5,10-15H2,1-3H3. The van der Waals surface area contributed by atoms with Gasteiger partial charge in [-0.25, -0.2) is 0 Å². The lowest BCUT2D eigenvalue weighted by molar-refractivity contribution is 0.157. The normalized spacial score (nSPS) is 18.1. The smallest absolute Gasteiger partial charge is 0.282 e. The van der Waals surface area contributed by atoms with Crippen LogP contribution in [0, 0.1) is 0 Å². The van der Waals surface area contributed by atoms with Gasteiger partial charge in [0.05, 0.1) is 27.0 Å². The molecular formula is C26H30ClN3O2. The zero-order valence-electron chi connectivity index (χ0n) is 19.0. The second kappa shape index (κ2) is 8.29. The van der Waals surface area contributed by atoms with Crippen molar-refractivity contribution >= 4 is 22.5 Å². The minimum Gasteiger partial charge on any atom is -0.385 e. The van der Waals surface area contributed by atoms with Gasteiger partial charge in [-0.15, -0.1) is 0 Å². The average Bonchev–Trinajstić information content (AvgIpc) is 3.01. The molecule has 32 heavy (non-hydrogen) atoms. The zero-order valence-corrected chi connectivity index (χ0v) is 19.8. The number of nitrogens with zero attached hydrogens (tertiary/aromatic N) is 3. The van der Waals surface area contributed by atoms with Gasteiger partial charge in [0, 0.05) is 20.3 Å². The molecule has 0 atom stereocenters. The first-order valence-corrected chi connectivity index (χ1v) is 11.9. The summed E-state index contributed by atoms with van der Waals surface area (Å²) in [6.07, 6.45) is 3.42. The summed E-state index contributed by atoms with van der Waals surface area (Å²) < 4.78 is 7.35. The summed E-state index contributed by atoms with van der Waals surface area (Å²) in [4.78, 5) is 19.9. The topological polar surface area (TPSA) is 47.4 Å². The van der Waals surface area contributed by atoms with Crippen molar-refractivity contribution < 1.29 is 4.74 Å². The van der Waals surface area contributed by atoms with Crippen LogP contribution in [0.3, 0.4) is 0 Å². The molecule has 2 aromatic carbocycles. The van der Waals surface area contributed by atoms with E-state index in [1.54, 1.807) is 13.2 Å². The SMILES string of the molecule is COCCCN1CCC(c2ccc3c(c2)-n2c(nc(=O)c4c(Cl)cccc42)C3(C)C)CC1. The molecule has 0 bridgehead atoms. The van der Waals surface area contributed by atoms with Crippen molar-refractivity contribution in [3.8, 4) is 5.69 Å². The Balaban J connectivity index is 1.52. The van der Waals surface area contributed by atoms with E-state index in [0.29, 0.717) is 16.3 Å². The molecule has 2 aliphatic heterocycles. The zero-order chi connectivity index (χ0) is 22.5. The van der Waals surface area contributed by atoms with Gasteiger partial charge in [-0.1, -0.05) is 29.8 Å². The highest BCUT2D eigenvalue weighted by atomic mass is 35.5. The fourth-order valence-electron chi connectivity index (χ4n) is 5.45. The van der Waals surface area contributed by atoms with Crippen LogP contribution in [0.1, 0.15) is 56.0 Å². The lowest BCUT2D eigenvalue weighted by Crippen LogP contribution is -2.34. The maximum atomic E-state index is 12.8. The number of aromatic nitrogens is 2. The maximum Gasteiger partial charge on any atom is 0.282 e. The number of halogens is 1. The van der Waals surface area contributed by atoms with E-state index < -0.39 is 0 Å². The molecule has 5 nitrogen and oxygen atoms in total. The fraction of sp³-hybridized carbons (Fsp3) is 0.462. The Labute approximate surface area is 194 Å². The number of hydrogen-bond acceptors (Lipinski definition) is 4. The van der Waals surface area contributed by atoms with Gasteiger partial charge < -0.3 is 9.64 Å². The molecule has 2 aliphatic rings. The van der Waals surface area contributed by atoms with Crippen LogP contribution in [0.2, 0.25) is 5.02 Å². The van der Waals surface area contributed by atoms with Gasteiger partial charge in [0.25, 0.3) is 5.56 Å². The molecule has 6 heteroatoms. The third kappa shape index (κ3) is 3.47. The molecule has 0 N–H and O–H groups in total. The van der Waals surface area contributed by atoms with E-state index in [2.05, 4.69) is 46.5 Å². The van der Waals surface area contributed by atoms with Crippen molar-refractivity contribution in [3.05, 3.63) is 68.7 Å². The molecule has 1 saturated heterocycles. The Morgan fingerprint density at radius 3 is 2.72 bits per heavy atom. The first-order chi connectivity index (χ1) is 15.4. The molecule has 0 saturated carbocycles. The predicted octanol–water partition coefficient (Wildman–Crippen LogP) is 4.89. The fourth-order valence-corrected chi connectivity index (χ4v) is 5.70. The lowest BCUT2D eigenvalue weighted by atomic mass is 9.83. The van der Waals surface area contributed by atoms with Crippen molar-refractivity contribution in [1.29, 1.82) is 0 Å². The number of fused-ring (bicyclic) bond motifs is 5. The summed E-state index contributed by atoms with van der Waals surface area (Å²) in [6, 6.07) is 12.5. The van der Waals surface area contributed by atoms with Crippen LogP contribution in [-0.2, 0) is 10.2 Å². The molecule has 0 amide bonds. The molecule has 168 valence electrons. The summed E-state index contributed by atoms with van der Waals surface area (Å²) in [7, 11) is 1.77. The van der Waals surface area contributed by atoms with Crippen molar-refractivity contribution in [2.75, 3.05) is 33.4 Å². The van der Waals surface area contributed by atoms with Crippen LogP contribution in [-0.4, -0.2) is 47.8 Å². The van der Waals surface area contributed by atoms with Gasteiger partial charge in [-0.3, -0.25) is 9.36 Å². The van der Waals surface area contributed by atoms with E-state index in [4.69, 9.17) is 16.3 Å². The summed E-state index contributed by atoms with van der Waals surface area (Å²) in [5.74, 6) is 1.34. The number of piperidine rings is 1. The number of benzene rings is 2. The van der Waals surface area contributed by atoms with Gasteiger partial charge in [0.2, 0.25) is 0 Å². The second-order valence-corrected chi connectivity index (χ2v) is 9.98. The summed E-state index contributed by atoms with van der Waals surface area (Å²) in [5, 5.41) is 0.954. The van der Waals surface area contributed by atoms with Crippen LogP contribution in [0.15, 0.2) is 41.2 Å². The first kappa shape index (κ1) is 21.6. The molecule has 1 aromatic heterocycles. The summed E-state index contributed by atoms with van der Waals surface area (Å²) in [6.45, 7) is 8.48. The van der Waals surface area contributed by atoms with E-state index in [-0.39, 0.29) is 11.0 Å². The molecule has 0 spiro atoms. The van der Waals surface area contributed by atoms with Gasteiger partial charge in [-0.05, 0) is 81.4 Å². The first-order valence-electron chi connectivity index (χ1n) is 11.5. The van der Waals surface area contributed by atoms with Crippen LogP contribution in [0.25, 0.3) is 16.6 Å². The van der Waals surface area contributed by atoms with Crippen LogP contribution >= 0.6 is 11.6 Å². The minimum absolute atomic E-state index is 0.251. The van der Waals surface area contributed by atoms with Crippen LogP contribution in [0.4, 0.5) is 0 Å². The summed E-state index contributed by atoms with van der Waals surface area (Å²) >= 11 is 6.41. The van der Waals surface area contributed by atoms with Gasteiger partial charge in [0.15, 0.2) is 0 Å².